The van der Waals surface area contributed by atoms with Crippen molar-refractivity contribution in [3.05, 3.63) is 99.5 Å². The number of amides is 2. The first-order valence-corrected chi connectivity index (χ1v) is 14.3. The molecule has 3 aliphatic rings. The monoisotopic (exact) mass is 564 g/mol. The number of carbonyl (C=O) groups excluding carboxylic acids is 2. The van der Waals surface area contributed by atoms with E-state index in [2.05, 4.69) is 5.32 Å². The van der Waals surface area contributed by atoms with Crippen molar-refractivity contribution in [1.29, 1.82) is 0 Å². The van der Waals surface area contributed by atoms with Gasteiger partial charge in [-0.2, -0.15) is 0 Å². The molecular weight excluding hydrogens is 531 g/mol. The van der Waals surface area contributed by atoms with E-state index in [1.165, 1.54) is 0 Å². The minimum absolute atomic E-state index is 0.0234. The number of halogens is 2. The Morgan fingerprint density at radius 1 is 1.00 bits per heavy atom. The Balaban J connectivity index is 1.47. The van der Waals surface area contributed by atoms with E-state index in [4.69, 9.17) is 27.9 Å². The van der Waals surface area contributed by atoms with Crippen LogP contribution in [0.2, 0.25) is 10.0 Å². The summed E-state index contributed by atoms with van der Waals surface area (Å²) >= 11 is 12.7. The van der Waals surface area contributed by atoms with Gasteiger partial charge in [-0.25, -0.2) is 0 Å². The summed E-state index contributed by atoms with van der Waals surface area (Å²) in [4.78, 5) is 30.2. The van der Waals surface area contributed by atoms with Gasteiger partial charge in [-0.3, -0.25) is 9.59 Å². The predicted octanol–water partition coefficient (Wildman–Crippen LogP) is 7.32. The van der Waals surface area contributed by atoms with Crippen molar-refractivity contribution in [3.8, 4) is 5.75 Å². The Morgan fingerprint density at radius 3 is 2.33 bits per heavy atom. The third kappa shape index (κ3) is 5.80. The summed E-state index contributed by atoms with van der Waals surface area (Å²) in [6.45, 7) is 1.96. The van der Waals surface area contributed by atoms with Gasteiger partial charge in [0, 0.05) is 12.0 Å². The minimum atomic E-state index is -0.812. The molecule has 0 radical (unpaired) electrons. The Bertz CT molecular complexity index is 1320. The van der Waals surface area contributed by atoms with Crippen LogP contribution in [-0.2, 0) is 16.0 Å². The third-order valence-electron chi connectivity index (χ3n) is 8.35. The van der Waals surface area contributed by atoms with E-state index in [1.807, 2.05) is 72.5 Å². The highest BCUT2D eigenvalue weighted by atomic mass is 35.5. The van der Waals surface area contributed by atoms with E-state index in [0.717, 1.165) is 42.6 Å². The fourth-order valence-corrected chi connectivity index (χ4v) is 6.58. The average Bonchev–Trinajstić information content (AvgIpc) is 3.55. The summed E-state index contributed by atoms with van der Waals surface area (Å²) in [6, 6.07) is 21.8. The number of hydrogen-bond acceptors (Lipinski definition) is 3. The maximum atomic E-state index is 14.1. The molecule has 6 rings (SSSR count). The number of rotatable bonds is 10. The van der Waals surface area contributed by atoms with Gasteiger partial charge >= 0.3 is 0 Å². The Hall–Kier alpha value is -3.02. The fourth-order valence-electron chi connectivity index (χ4n) is 6.28. The normalized spacial score (nSPS) is 21.0. The highest BCUT2D eigenvalue weighted by Gasteiger charge is 2.57. The van der Waals surface area contributed by atoms with Gasteiger partial charge in [0.1, 0.15) is 11.8 Å². The van der Waals surface area contributed by atoms with Gasteiger partial charge in [0.2, 0.25) is 11.8 Å². The van der Waals surface area contributed by atoms with Crippen molar-refractivity contribution in [3.63, 3.8) is 0 Å². The van der Waals surface area contributed by atoms with Crippen LogP contribution < -0.4 is 10.1 Å². The number of benzene rings is 3. The number of nitrogens with zero attached hydrogens (tertiary/aromatic N) is 1. The molecule has 3 aliphatic carbocycles. The van der Waals surface area contributed by atoms with Gasteiger partial charge in [0.15, 0.2) is 0 Å². The molecule has 0 aliphatic heterocycles. The molecule has 7 heteroatoms. The molecule has 3 aromatic carbocycles. The molecule has 2 atom stereocenters. The summed E-state index contributed by atoms with van der Waals surface area (Å²) in [5.74, 6) is 1.15. The Labute approximate surface area is 240 Å². The lowest BCUT2D eigenvalue weighted by molar-refractivity contribution is -0.152. The van der Waals surface area contributed by atoms with Gasteiger partial charge < -0.3 is 15.0 Å². The summed E-state index contributed by atoms with van der Waals surface area (Å²) in [5, 5.41) is 3.96. The van der Waals surface area contributed by atoms with Crippen molar-refractivity contribution < 1.29 is 14.3 Å². The fraction of sp³-hybridized carbons (Fsp3) is 0.375. The van der Waals surface area contributed by atoms with E-state index in [-0.39, 0.29) is 23.4 Å². The number of carbonyl (C=O) groups is 2. The van der Waals surface area contributed by atoms with Crippen molar-refractivity contribution >= 4 is 35.0 Å². The van der Waals surface area contributed by atoms with Gasteiger partial charge in [-0.15, -0.1) is 0 Å². The number of methoxy groups -OCH3 is 1. The minimum Gasteiger partial charge on any atom is -0.497 e. The molecule has 0 spiro atoms. The summed E-state index contributed by atoms with van der Waals surface area (Å²) in [7, 11) is 1.63. The number of aryl methyl sites for hydroxylation is 1. The standard InChI is InChI=1S/C32H34Cl2N2O3/c1-21(24-6-4-3-5-7-24)35-31(38)30(25-11-14-27(33)28(34)18-25)36(32-17-16-23(19-32)20-32)29(37)15-10-22-8-12-26(39-2)13-9-22/h3-9,11-14,18,21,23,30H,10,15-17,19-20H2,1-2H3,(H,35,38). The zero-order valence-electron chi connectivity index (χ0n) is 22.3. The molecule has 204 valence electrons. The largest absolute Gasteiger partial charge is 0.497 e. The SMILES string of the molecule is COc1ccc(CCC(=O)N(C(C(=O)NC(C)c2ccccc2)c2ccc(Cl)c(Cl)c2)C23CCC(C2)C3)cc1. The molecule has 39 heavy (non-hydrogen) atoms. The van der Waals surface area contributed by atoms with Gasteiger partial charge in [-0.1, -0.05) is 71.7 Å². The van der Waals surface area contributed by atoms with Crippen LogP contribution in [-0.4, -0.2) is 29.4 Å². The first-order chi connectivity index (χ1) is 18.8. The molecule has 3 aromatic rings. The predicted molar refractivity (Wildman–Crippen MR) is 155 cm³/mol. The second kappa shape index (κ2) is 11.6. The van der Waals surface area contributed by atoms with E-state index in [0.29, 0.717) is 34.4 Å². The summed E-state index contributed by atoms with van der Waals surface area (Å²) < 4.78 is 5.27. The smallest absolute Gasteiger partial charge is 0.247 e. The third-order valence-corrected chi connectivity index (χ3v) is 9.08. The van der Waals surface area contributed by atoms with Crippen LogP contribution in [0.4, 0.5) is 0 Å². The van der Waals surface area contributed by atoms with Crippen LogP contribution in [0.5, 0.6) is 5.75 Å². The molecule has 5 nitrogen and oxygen atoms in total. The maximum absolute atomic E-state index is 14.1. The number of ether oxygens (including phenoxy) is 1. The van der Waals surface area contributed by atoms with E-state index in [1.54, 1.807) is 19.2 Å². The molecule has 0 saturated heterocycles. The molecule has 3 saturated carbocycles. The second-order valence-corrected chi connectivity index (χ2v) is 11.7. The Kier molecular flexibility index (Phi) is 8.20. The van der Waals surface area contributed by atoms with Crippen LogP contribution in [0, 0.1) is 5.92 Å². The number of fused-ring (bicyclic) bond motifs is 1. The zero-order chi connectivity index (χ0) is 27.6. The molecule has 2 amide bonds. The second-order valence-electron chi connectivity index (χ2n) is 10.9. The summed E-state index contributed by atoms with van der Waals surface area (Å²) in [6.07, 6.45) is 4.73. The quantitative estimate of drug-likeness (QED) is 0.280. The first-order valence-electron chi connectivity index (χ1n) is 13.5. The van der Waals surface area contributed by atoms with Crippen LogP contribution in [0.3, 0.4) is 0 Å². The molecule has 1 N–H and O–H groups in total. The zero-order valence-corrected chi connectivity index (χ0v) is 23.8. The summed E-state index contributed by atoms with van der Waals surface area (Å²) in [5.41, 5.74) is 2.41. The van der Waals surface area contributed by atoms with Crippen molar-refractivity contribution in [2.24, 2.45) is 5.92 Å². The molecule has 2 unspecified atom stereocenters. The van der Waals surface area contributed by atoms with Gasteiger partial charge in [0.25, 0.3) is 0 Å². The van der Waals surface area contributed by atoms with Crippen LogP contribution in [0.1, 0.15) is 67.8 Å². The average molecular weight is 566 g/mol. The highest BCUT2D eigenvalue weighted by Crippen LogP contribution is 2.57. The molecule has 0 heterocycles. The molecule has 0 aromatic heterocycles. The van der Waals surface area contributed by atoms with Crippen molar-refractivity contribution in [1.82, 2.24) is 10.2 Å². The van der Waals surface area contributed by atoms with E-state index >= 15 is 0 Å². The lowest BCUT2D eigenvalue weighted by Crippen LogP contribution is -2.59. The van der Waals surface area contributed by atoms with Crippen molar-refractivity contribution in [2.75, 3.05) is 7.11 Å². The number of hydrogen-bond donors (Lipinski definition) is 1. The van der Waals surface area contributed by atoms with Gasteiger partial charge in [0.05, 0.1) is 23.2 Å². The van der Waals surface area contributed by atoms with E-state index in [9.17, 15) is 9.59 Å². The van der Waals surface area contributed by atoms with E-state index < -0.39 is 6.04 Å². The van der Waals surface area contributed by atoms with Gasteiger partial charge in [-0.05, 0) is 85.9 Å². The topological polar surface area (TPSA) is 58.6 Å². The van der Waals surface area contributed by atoms with Crippen LogP contribution in [0.25, 0.3) is 0 Å². The van der Waals surface area contributed by atoms with Crippen LogP contribution in [0.15, 0.2) is 72.8 Å². The molecule has 3 fully saturated rings. The maximum Gasteiger partial charge on any atom is 0.247 e. The Morgan fingerprint density at radius 2 is 1.72 bits per heavy atom. The van der Waals surface area contributed by atoms with Crippen LogP contribution >= 0.6 is 23.2 Å². The molecule has 2 bridgehead atoms. The first kappa shape index (κ1) is 27.5. The number of nitrogens with one attached hydrogen (secondary N) is 1. The van der Waals surface area contributed by atoms with Crippen molar-refractivity contribution in [2.45, 2.75) is 63.1 Å². The lowest BCUT2D eigenvalue weighted by atomic mass is 9.74. The highest BCUT2D eigenvalue weighted by molar-refractivity contribution is 6.42. The molecular formula is C32H34Cl2N2O3. The lowest BCUT2D eigenvalue weighted by Gasteiger charge is -2.51.